The summed E-state index contributed by atoms with van der Waals surface area (Å²) >= 11 is 0. The normalized spacial score (nSPS) is 15.1. The van der Waals surface area contributed by atoms with Crippen LogP contribution in [0, 0.1) is 0 Å². The van der Waals surface area contributed by atoms with E-state index in [4.69, 9.17) is 4.98 Å². The molecule has 0 saturated carbocycles. The molecule has 9 rings (SSSR count). The van der Waals surface area contributed by atoms with Crippen LogP contribution >= 0.6 is 0 Å². The monoisotopic (exact) mass is 550 g/mol. The van der Waals surface area contributed by atoms with Gasteiger partial charge >= 0.3 is 0 Å². The van der Waals surface area contributed by atoms with Crippen molar-refractivity contribution in [3.05, 3.63) is 179 Å². The lowest BCUT2D eigenvalue weighted by molar-refractivity contribution is 0.563. The van der Waals surface area contributed by atoms with E-state index in [1.165, 1.54) is 44.5 Å². The maximum absolute atomic E-state index is 5.22. The molecule has 0 bridgehead atoms. The van der Waals surface area contributed by atoms with Crippen LogP contribution in [0.2, 0.25) is 0 Å². The van der Waals surface area contributed by atoms with Crippen LogP contribution in [0.5, 0.6) is 0 Å². The number of aromatic nitrogens is 2. The Kier molecular flexibility index (Phi) is 4.91. The van der Waals surface area contributed by atoms with Gasteiger partial charge in [-0.25, -0.2) is 4.98 Å². The summed E-state index contributed by atoms with van der Waals surface area (Å²) in [4.78, 5) is 5.22. The topological polar surface area (TPSA) is 17.8 Å². The highest BCUT2D eigenvalue weighted by molar-refractivity contribution is 5.89. The number of rotatable bonds is 2. The summed E-state index contributed by atoms with van der Waals surface area (Å²) < 4.78 is 2.30. The third kappa shape index (κ3) is 3.10. The highest BCUT2D eigenvalue weighted by Crippen LogP contribution is 2.62. The minimum Gasteiger partial charge on any atom is -0.292 e. The zero-order chi connectivity index (χ0) is 28.8. The Labute approximate surface area is 251 Å². The summed E-state index contributed by atoms with van der Waals surface area (Å²) in [6.45, 7) is 4.77. The Balaban J connectivity index is 1.38. The first-order valence-corrected chi connectivity index (χ1v) is 15.1. The van der Waals surface area contributed by atoms with Crippen LogP contribution in [-0.2, 0) is 10.8 Å². The molecule has 2 heteroatoms. The second-order valence-electron chi connectivity index (χ2n) is 12.4. The van der Waals surface area contributed by atoms with Gasteiger partial charge in [-0.05, 0) is 74.8 Å². The van der Waals surface area contributed by atoms with Crippen LogP contribution in [-0.4, -0.2) is 9.55 Å². The average Bonchev–Trinajstić information content (AvgIpc) is 3.59. The van der Waals surface area contributed by atoms with E-state index in [1.807, 2.05) is 0 Å². The van der Waals surface area contributed by atoms with Crippen LogP contribution in [0.15, 0.2) is 146 Å². The first-order chi connectivity index (χ1) is 21.1. The minimum atomic E-state index is -0.382. The van der Waals surface area contributed by atoms with Crippen molar-refractivity contribution in [3.63, 3.8) is 0 Å². The van der Waals surface area contributed by atoms with E-state index >= 15 is 0 Å². The second-order valence-corrected chi connectivity index (χ2v) is 12.4. The number of hydrogen-bond donors (Lipinski definition) is 0. The molecule has 0 N–H and O–H groups in total. The molecule has 0 aliphatic heterocycles. The Morgan fingerprint density at radius 3 is 1.77 bits per heavy atom. The number of nitrogens with zero attached hydrogens (tertiary/aromatic N) is 2. The molecule has 7 aromatic rings. The van der Waals surface area contributed by atoms with E-state index in [9.17, 15) is 0 Å². The van der Waals surface area contributed by atoms with Crippen LogP contribution in [0.3, 0.4) is 0 Å². The van der Waals surface area contributed by atoms with Crippen molar-refractivity contribution in [2.45, 2.75) is 24.7 Å². The van der Waals surface area contributed by atoms with Crippen LogP contribution in [0.25, 0.3) is 39.2 Å². The van der Waals surface area contributed by atoms with Crippen molar-refractivity contribution in [1.82, 2.24) is 9.55 Å². The molecule has 2 aliphatic rings. The SMILES string of the molecule is CC1(C)c2ccccc2C2(c3ccccc3-c3ccccc32)c2ccc(-c3nc4ccccc4n3-c3ccccc3)cc21. The van der Waals surface area contributed by atoms with Gasteiger partial charge < -0.3 is 0 Å². The highest BCUT2D eigenvalue weighted by Gasteiger charge is 2.53. The van der Waals surface area contributed by atoms with Gasteiger partial charge in [0.1, 0.15) is 5.82 Å². The number of para-hydroxylation sites is 3. The predicted octanol–water partition coefficient (Wildman–Crippen LogP) is 9.69. The van der Waals surface area contributed by atoms with Gasteiger partial charge in [0.05, 0.1) is 16.4 Å². The van der Waals surface area contributed by atoms with Gasteiger partial charge in [0.2, 0.25) is 0 Å². The zero-order valence-electron chi connectivity index (χ0n) is 24.3. The summed E-state index contributed by atoms with van der Waals surface area (Å²) in [5.41, 5.74) is 14.6. The average molecular weight is 551 g/mol. The van der Waals surface area contributed by atoms with Crippen molar-refractivity contribution in [2.24, 2.45) is 0 Å². The van der Waals surface area contributed by atoms with Gasteiger partial charge in [0.25, 0.3) is 0 Å². The molecule has 204 valence electrons. The molecule has 0 amide bonds. The van der Waals surface area contributed by atoms with Gasteiger partial charge in [0.15, 0.2) is 0 Å². The Morgan fingerprint density at radius 1 is 0.488 bits per heavy atom. The van der Waals surface area contributed by atoms with E-state index in [1.54, 1.807) is 0 Å². The van der Waals surface area contributed by atoms with E-state index in [2.05, 4.69) is 164 Å². The minimum absolute atomic E-state index is 0.205. The van der Waals surface area contributed by atoms with Crippen LogP contribution in [0.4, 0.5) is 0 Å². The fraction of sp³-hybridized carbons (Fsp3) is 0.0976. The molecule has 0 saturated heterocycles. The van der Waals surface area contributed by atoms with Gasteiger partial charge in [-0.1, -0.05) is 129 Å². The molecule has 0 unspecified atom stereocenters. The molecule has 43 heavy (non-hydrogen) atoms. The maximum atomic E-state index is 5.22. The van der Waals surface area contributed by atoms with E-state index in [0.717, 1.165) is 28.1 Å². The molecule has 1 spiro atoms. The Hall–Kier alpha value is -5.21. The number of hydrogen-bond acceptors (Lipinski definition) is 1. The van der Waals surface area contributed by atoms with Crippen molar-refractivity contribution >= 4 is 11.0 Å². The predicted molar refractivity (Wildman–Crippen MR) is 176 cm³/mol. The third-order valence-corrected chi connectivity index (χ3v) is 9.89. The maximum Gasteiger partial charge on any atom is 0.145 e. The summed E-state index contributed by atoms with van der Waals surface area (Å²) in [5, 5.41) is 0. The molecular weight excluding hydrogens is 520 g/mol. The first-order valence-electron chi connectivity index (χ1n) is 15.1. The molecular formula is C41H30N2. The van der Waals surface area contributed by atoms with Gasteiger partial charge in [-0.15, -0.1) is 0 Å². The zero-order valence-corrected chi connectivity index (χ0v) is 24.3. The molecule has 1 heterocycles. The summed E-state index contributed by atoms with van der Waals surface area (Å²) in [6.07, 6.45) is 0. The smallest absolute Gasteiger partial charge is 0.145 e. The second kappa shape index (κ2) is 8.65. The fourth-order valence-corrected chi connectivity index (χ4v) is 8.05. The molecule has 2 aliphatic carbocycles. The van der Waals surface area contributed by atoms with Crippen molar-refractivity contribution in [1.29, 1.82) is 0 Å². The van der Waals surface area contributed by atoms with Gasteiger partial charge in [-0.3, -0.25) is 4.57 Å². The van der Waals surface area contributed by atoms with Crippen LogP contribution < -0.4 is 0 Å². The molecule has 2 nitrogen and oxygen atoms in total. The van der Waals surface area contributed by atoms with Crippen molar-refractivity contribution < 1.29 is 0 Å². The third-order valence-electron chi connectivity index (χ3n) is 9.89. The number of imidazole rings is 1. The fourth-order valence-electron chi connectivity index (χ4n) is 8.05. The quantitative estimate of drug-likeness (QED) is 0.209. The molecule has 0 atom stereocenters. The number of fused-ring (bicyclic) bond motifs is 10. The highest BCUT2D eigenvalue weighted by atomic mass is 15.1. The lowest BCUT2D eigenvalue weighted by Crippen LogP contribution is -2.40. The molecule has 1 aromatic heterocycles. The van der Waals surface area contributed by atoms with E-state index < -0.39 is 0 Å². The molecule has 0 radical (unpaired) electrons. The molecule has 0 fully saturated rings. The summed E-state index contributed by atoms with van der Waals surface area (Å²) in [6, 6.07) is 53.3. The van der Waals surface area contributed by atoms with Gasteiger partial charge in [-0.2, -0.15) is 0 Å². The summed E-state index contributed by atoms with van der Waals surface area (Å²) in [5.74, 6) is 0.964. The Morgan fingerprint density at radius 2 is 1.05 bits per heavy atom. The lowest BCUT2D eigenvalue weighted by atomic mass is 9.55. The lowest BCUT2D eigenvalue weighted by Gasteiger charge is -2.46. The number of benzene rings is 6. The van der Waals surface area contributed by atoms with Crippen molar-refractivity contribution in [3.8, 4) is 28.2 Å². The molecule has 6 aromatic carbocycles. The Bertz CT molecular complexity index is 2170. The van der Waals surface area contributed by atoms with E-state index in [-0.39, 0.29) is 10.8 Å². The van der Waals surface area contributed by atoms with Crippen molar-refractivity contribution in [2.75, 3.05) is 0 Å². The standard InChI is InChI=1S/C41H30N2/c1-40(2)33-20-10-11-21-34(33)41(31-18-8-6-16-29(31)30-17-7-9-19-32(30)41)35-25-24-27(26-36(35)40)39-42-37-22-12-13-23-38(37)43(39)28-14-4-3-5-15-28/h3-26H,1-2H3. The van der Waals surface area contributed by atoms with Gasteiger partial charge in [0, 0.05) is 16.7 Å². The summed E-state index contributed by atoms with van der Waals surface area (Å²) in [7, 11) is 0. The first kappa shape index (κ1) is 24.4. The largest absolute Gasteiger partial charge is 0.292 e. The van der Waals surface area contributed by atoms with E-state index in [0.29, 0.717) is 0 Å². The van der Waals surface area contributed by atoms with Crippen LogP contribution in [0.1, 0.15) is 47.2 Å².